The van der Waals surface area contributed by atoms with Gasteiger partial charge in [-0.15, -0.1) is 0 Å². The molecule has 1 atom stereocenters. The third kappa shape index (κ3) is 4.39. The zero-order chi connectivity index (χ0) is 16.8. The predicted molar refractivity (Wildman–Crippen MR) is 90.1 cm³/mol. The summed E-state index contributed by atoms with van der Waals surface area (Å²) in [5.41, 5.74) is 1.16. The summed E-state index contributed by atoms with van der Waals surface area (Å²) >= 11 is 0. The Balaban J connectivity index is 1.31. The van der Waals surface area contributed by atoms with Gasteiger partial charge in [0.2, 0.25) is 0 Å². The summed E-state index contributed by atoms with van der Waals surface area (Å²) in [6.45, 7) is 1.63. The second kappa shape index (κ2) is 7.85. The van der Waals surface area contributed by atoms with E-state index in [1.165, 1.54) is 0 Å². The van der Waals surface area contributed by atoms with Crippen molar-refractivity contribution in [1.29, 1.82) is 0 Å². The molecule has 132 valence electrons. The highest BCUT2D eigenvalue weighted by Gasteiger charge is 2.43. The van der Waals surface area contributed by atoms with E-state index in [1.54, 1.807) is 7.11 Å². The van der Waals surface area contributed by atoms with Crippen molar-refractivity contribution in [3.63, 3.8) is 0 Å². The van der Waals surface area contributed by atoms with Gasteiger partial charge in [0, 0.05) is 25.9 Å². The maximum atomic E-state index is 11.9. The van der Waals surface area contributed by atoms with Crippen molar-refractivity contribution in [3.8, 4) is 5.75 Å². The highest BCUT2D eigenvalue weighted by molar-refractivity contribution is 5.73. The summed E-state index contributed by atoms with van der Waals surface area (Å²) in [7, 11) is 1.65. The Bertz CT molecular complexity index is 540. The quantitative estimate of drug-likeness (QED) is 0.837. The lowest BCUT2D eigenvalue weighted by Gasteiger charge is -2.21. The fourth-order valence-electron chi connectivity index (χ4n) is 3.27. The number of hydrogen-bond donors (Lipinski definition) is 2. The Morgan fingerprint density at radius 2 is 2.00 bits per heavy atom. The molecule has 1 aliphatic carbocycles. The molecule has 0 aromatic heterocycles. The number of nitrogens with one attached hydrogen (secondary N) is 2. The van der Waals surface area contributed by atoms with Gasteiger partial charge in [0.1, 0.15) is 11.9 Å². The number of benzene rings is 1. The topological polar surface area (TPSA) is 68.8 Å². The van der Waals surface area contributed by atoms with Crippen molar-refractivity contribution < 1.29 is 19.0 Å². The minimum atomic E-state index is -0.364. The van der Waals surface area contributed by atoms with Crippen molar-refractivity contribution >= 4 is 6.03 Å². The molecule has 0 radical (unpaired) electrons. The van der Waals surface area contributed by atoms with E-state index in [9.17, 15) is 4.79 Å². The average Bonchev–Trinajstić information content (AvgIpc) is 3.24. The second-order valence-corrected chi connectivity index (χ2v) is 6.40. The maximum absolute atomic E-state index is 11.9. The van der Waals surface area contributed by atoms with Gasteiger partial charge in [-0.1, -0.05) is 12.1 Å². The second-order valence-electron chi connectivity index (χ2n) is 6.40. The highest BCUT2D eigenvalue weighted by atomic mass is 16.7. The number of rotatable bonds is 6. The normalized spacial score (nSPS) is 21.8. The van der Waals surface area contributed by atoms with Crippen LogP contribution in [0.4, 0.5) is 4.79 Å². The minimum Gasteiger partial charge on any atom is -0.497 e. The van der Waals surface area contributed by atoms with Gasteiger partial charge in [0.15, 0.2) is 5.79 Å². The van der Waals surface area contributed by atoms with Crippen molar-refractivity contribution in [2.24, 2.45) is 0 Å². The standard InChI is InChI=1S/C18H26N2O4/c1-22-15-6-4-14(5-7-15)8-11-19-17(21)20-12-16-13-23-18(24-16)9-2-3-10-18/h4-7,16H,2-3,8-13H2,1H3,(H2,19,20,21). The molecule has 1 saturated heterocycles. The van der Waals surface area contributed by atoms with Crippen LogP contribution in [-0.4, -0.2) is 44.7 Å². The molecule has 2 fully saturated rings. The molecule has 6 nitrogen and oxygen atoms in total. The molecule has 3 rings (SSSR count). The van der Waals surface area contributed by atoms with Crippen molar-refractivity contribution in [2.75, 3.05) is 26.8 Å². The fraction of sp³-hybridized carbons (Fsp3) is 0.611. The monoisotopic (exact) mass is 334 g/mol. The van der Waals surface area contributed by atoms with Gasteiger partial charge in [0.05, 0.1) is 13.7 Å². The third-order valence-corrected chi connectivity index (χ3v) is 4.63. The number of methoxy groups -OCH3 is 1. The van der Waals surface area contributed by atoms with Gasteiger partial charge in [-0.3, -0.25) is 0 Å². The lowest BCUT2D eigenvalue weighted by atomic mass is 10.1. The molecule has 1 aliphatic heterocycles. The summed E-state index contributed by atoms with van der Waals surface area (Å²) in [5.74, 6) is 0.472. The number of carbonyl (C=O) groups is 1. The zero-order valence-electron chi connectivity index (χ0n) is 14.2. The Hall–Kier alpha value is -1.79. The molecule has 6 heteroatoms. The van der Waals surface area contributed by atoms with E-state index >= 15 is 0 Å². The van der Waals surface area contributed by atoms with Crippen LogP contribution in [0, 0.1) is 0 Å². The van der Waals surface area contributed by atoms with Crippen molar-refractivity contribution in [2.45, 2.75) is 44.0 Å². The summed E-state index contributed by atoms with van der Waals surface area (Å²) in [5, 5.41) is 5.73. The van der Waals surface area contributed by atoms with Gasteiger partial charge < -0.3 is 24.8 Å². The van der Waals surface area contributed by atoms with E-state index in [0.717, 1.165) is 43.4 Å². The lowest BCUT2D eigenvalue weighted by molar-refractivity contribution is -0.160. The maximum Gasteiger partial charge on any atom is 0.314 e. The van der Waals surface area contributed by atoms with Crippen LogP contribution in [0.25, 0.3) is 0 Å². The molecule has 1 heterocycles. The first-order chi connectivity index (χ1) is 11.7. The molecule has 2 amide bonds. The molecular weight excluding hydrogens is 308 g/mol. The predicted octanol–water partition coefficient (Wildman–Crippen LogP) is 2.22. The molecular formula is C18H26N2O4. The van der Waals surface area contributed by atoms with Crippen LogP contribution in [0.5, 0.6) is 5.75 Å². The Morgan fingerprint density at radius 3 is 2.71 bits per heavy atom. The van der Waals surface area contributed by atoms with Gasteiger partial charge in [-0.25, -0.2) is 4.79 Å². The molecule has 0 bridgehead atoms. The number of amides is 2. The Morgan fingerprint density at radius 1 is 1.25 bits per heavy atom. The van der Waals surface area contributed by atoms with Crippen LogP contribution in [-0.2, 0) is 15.9 Å². The summed E-state index contributed by atoms with van der Waals surface area (Å²) in [6, 6.07) is 7.68. The smallest absolute Gasteiger partial charge is 0.314 e. The molecule has 1 aromatic carbocycles. The van der Waals surface area contributed by atoms with Gasteiger partial charge in [-0.2, -0.15) is 0 Å². The van der Waals surface area contributed by atoms with E-state index in [2.05, 4.69) is 10.6 Å². The first kappa shape index (κ1) is 17.0. The van der Waals surface area contributed by atoms with Crippen LogP contribution >= 0.6 is 0 Å². The number of urea groups is 1. The number of hydrogen-bond acceptors (Lipinski definition) is 4. The van der Waals surface area contributed by atoms with Gasteiger partial charge >= 0.3 is 6.03 Å². The molecule has 2 N–H and O–H groups in total. The minimum absolute atomic E-state index is 0.0459. The van der Waals surface area contributed by atoms with Crippen LogP contribution < -0.4 is 15.4 Å². The van der Waals surface area contributed by atoms with Crippen LogP contribution in [0.2, 0.25) is 0 Å². The van der Waals surface area contributed by atoms with E-state index in [4.69, 9.17) is 14.2 Å². The van der Waals surface area contributed by atoms with Gasteiger partial charge in [-0.05, 0) is 37.0 Å². The average molecular weight is 334 g/mol. The highest BCUT2D eigenvalue weighted by Crippen LogP contribution is 2.38. The molecule has 2 aliphatic rings. The SMILES string of the molecule is COc1ccc(CCNC(=O)NCC2COC3(CCCC3)O2)cc1. The molecule has 1 saturated carbocycles. The largest absolute Gasteiger partial charge is 0.497 e. The van der Waals surface area contributed by atoms with E-state index < -0.39 is 0 Å². The number of ether oxygens (including phenoxy) is 3. The molecule has 1 aromatic rings. The molecule has 1 unspecified atom stereocenters. The summed E-state index contributed by atoms with van der Waals surface area (Å²) < 4.78 is 16.9. The zero-order valence-corrected chi connectivity index (χ0v) is 14.2. The van der Waals surface area contributed by atoms with Crippen molar-refractivity contribution in [3.05, 3.63) is 29.8 Å². The first-order valence-electron chi connectivity index (χ1n) is 8.65. The summed E-state index contributed by atoms with van der Waals surface area (Å²) in [6.07, 6.45) is 4.99. The summed E-state index contributed by atoms with van der Waals surface area (Å²) in [4.78, 5) is 11.9. The van der Waals surface area contributed by atoms with Crippen LogP contribution in [0.15, 0.2) is 24.3 Å². The van der Waals surface area contributed by atoms with E-state index in [0.29, 0.717) is 19.7 Å². The number of carbonyl (C=O) groups excluding carboxylic acids is 1. The Kier molecular flexibility index (Phi) is 5.58. The third-order valence-electron chi connectivity index (χ3n) is 4.63. The first-order valence-corrected chi connectivity index (χ1v) is 8.65. The molecule has 24 heavy (non-hydrogen) atoms. The van der Waals surface area contributed by atoms with E-state index in [1.807, 2.05) is 24.3 Å². The van der Waals surface area contributed by atoms with E-state index in [-0.39, 0.29) is 17.9 Å². The van der Waals surface area contributed by atoms with Crippen LogP contribution in [0.3, 0.4) is 0 Å². The lowest BCUT2D eigenvalue weighted by Crippen LogP contribution is -2.41. The van der Waals surface area contributed by atoms with Gasteiger partial charge in [0.25, 0.3) is 0 Å². The Labute approximate surface area is 142 Å². The van der Waals surface area contributed by atoms with Crippen molar-refractivity contribution in [1.82, 2.24) is 10.6 Å². The fourth-order valence-corrected chi connectivity index (χ4v) is 3.27. The van der Waals surface area contributed by atoms with Crippen LogP contribution in [0.1, 0.15) is 31.2 Å². The molecule has 1 spiro atoms.